The Balaban J connectivity index is 0.946. The number of aliphatic carboxylic acids is 1. The number of imidazole rings is 2. The number of nitrogens with two attached hydrogens (primary N) is 2. The summed E-state index contributed by atoms with van der Waals surface area (Å²) < 4.78 is 48.4. The van der Waals surface area contributed by atoms with E-state index >= 15 is 0 Å². The number of hydrogen-bond acceptors (Lipinski definition) is 22. The predicted octanol–water partition coefficient (Wildman–Crippen LogP) is 1.80. The molecule has 9 amide bonds. The highest BCUT2D eigenvalue weighted by molar-refractivity contribution is 6.14. The first-order valence-electron chi connectivity index (χ1n) is 29.6. The van der Waals surface area contributed by atoms with Crippen LogP contribution in [0.15, 0.2) is 57.4 Å². The van der Waals surface area contributed by atoms with E-state index in [9.17, 15) is 53.1 Å². The number of benzene rings is 2. The van der Waals surface area contributed by atoms with E-state index in [1.165, 1.54) is 31.4 Å². The summed E-state index contributed by atoms with van der Waals surface area (Å²) in [6.45, 7) is 8.06. The maximum absolute atomic E-state index is 13.9. The number of nitrogens with one attached hydrogen (secondary N) is 5. The number of nitrogens with zero attached hydrogens (tertiary/aromatic N) is 7. The van der Waals surface area contributed by atoms with E-state index in [0.717, 1.165) is 17.1 Å². The Morgan fingerprint density at radius 1 is 0.624 bits per heavy atom. The smallest absolute Gasteiger partial charge is 0.303 e. The van der Waals surface area contributed by atoms with Crippen LogP contribution in [-0.4, -0.2) is 190 Å². The summed E-state index contributed by atoms with van der Waals surface area (Å²) >= 11 is 0. The van der Waals surface area contributed by atoms with Crippen LogP contribution in [-0.2, 0) is 73.6 Å². The van der Waals surface area contributed by atoms with Gasteiger partial charge in [-0.3, -0.25) is 63.5 Å². The number of allylic oxidation sites excluding steroid dienone is 2. The number of primary amides is 2. The Morgan fingerprint density at radius 2 is 1.12 bits per heavy atom. The molecule has 4 aromatic heterocycles. The maximum atomic E-state index is 13.9. The van der Waals surface area contributed by atoms with Gasteiger partial charge in [-0.25, -0.2) is 19.9 Å². The number of carbonyl (C=O) groups excluding carboxylic acids is 9. The van der Waals surface area contributed by atoms with Crippen molar-refractivity contribution in [1.82, 2.24) is 49.9 Å². The lowest BCUT2D eigenvalue weighted by Crippen LogP contribution is -2.47. The minimum atomic E-state index is -1.21. The molecule has 93 heavy (non-hydrogen) atoms. The van der Waals surface area contributed by atoms with Crippen molar-refractivity contribution >= 4 is 93.1 Å². The maximum Gasteiger partial charge on any atom is 0.303 e. The van der Waals surface area contributed by atoms with Crippen molar-refractivity contribution in [3.05, 3.63) is 94.4 Å². The molecule has 2 aromatic carbocycles. The van der Waals surface area contributed by atoms with Crippen LogP contribution >= 0.6 is 0 Å². The fourth-order valence-electron chi connectivity index (χ4n) is 9.38. The molecule has 1 atom stereocenters. The van der Waals surface area contributed by atoms with Gasteiger partial charge in [0, 0.05) is 76.1 Å². The van der Waals surface area contributed by atoms with E-state index in [-0.39, 0.29) is 180 Å². The standard InChI is InChI=1S/C60H74N14O19/c1-6-38-52(92-34(3)65-38)57(84)70-59-68-41-29-36(54(61)81)31-43(86-5)50(41)72(59)18-8-9-19-73-51-42(69-60(73)71-58(85)53-39(7-2)66-35(4)93-53)30-37(55(62)82)32-44(51)91-20-10-16-64-56(83)40(11-14-49(79)80)67-45(75)15-21-87-23-25-89-27-28-90-26-24-88-22-17-63-46(76)33-74-47(77)12-13-48(74)78/h8-9,12-13,29-32,40H,6-7,10-11,14-28,33H2,1-5H3,(H2,61,81)(H2,62,82)(H,63,76)(H,64,83)(H,67,75)(H,79,80)(H,68,70,84)(H,69,71,85)/b9-8+/t40-/m1/s1. The third kappa shape index (κ3) is 19.6. The Morgan fingerprint density at radius 3 is 1.61 bits per heavy atom. The Bertz CT molecular complexity index is 3770. The molecule has 0 unspecified atom stereocenters. The van der Waals surface area contributed by atoms with Gasteiger partial charge in [-0.2, -0.15) is 0 Å². The molecular weight excluding hydrogens is 1220 g/mol. The zero-order chi connectivity index (χ0) is 67.1. The van der Waals surface area contributed by atoms with Crippen LogP contribution in [0.25, 0.3) is 22.1 Å². The van der Waals surface area contributed by atoms with Gasteiger partial charge >= 0.3 is 5.97 Å². The van der Waals surface area contributed by atoms with Crippen molar-refractivity contribution in [2.24, 2.45) is 11.5 Å². The van der Waals surface area contributed by atoms with Gasteiger partial charge in [0.25, 0.3) is 23.6 Å². The van der Waals surface area contributed by atoms with Crippen LogP contribution < -0.4 is 47.5 Å². The van der Waals surface area contributed by atoms with Crippen molar-refractivity contribution in [2.75, 3.05) is 96.8 Å². The predicted molar refractivity (Wildman–Crippen MR) is 328 cm³/mol. The van der Waals surface area contributed by atoms with Gasteiger partial charge in [0.05, 0.1) is 89.0 Å². The van der Waals surface area contributed by atoms with Gasteiger partial charge in [-0.05, 0) is 49.9 Å². The number of carboxylic acid groups (broad SMARTS) is 1. The van der Waals surface area contributed by atoms with Gasteiger partial charge in [0.15, 0.2) is 11.8 Å². The molecule has 0 radical (unpaired) electrons. The number of rotatable bonds is 40. The topological polar surface area (TPSA) is 449 Å². The molecule has 0 saturated heterocycles. The lowest BCUT2D eigenvalue weighted by Gasteiger charge is -2.18. The number of ether oxygens (including phenoxy) is 6. The quantitative estimate of drug-likeness (QED) is 0.0154. The zero-order valence-electron chi connectivity index (χ0n) is 51.9. The number of oxazole rings is 2. The van der Waals surface area contributed by atoms with Crippen LogP contribution in [0.4, 0.5) is 11.9 Å². The van der Waals surface area contributed by atoms with Gasteiger partial charge in [0.1, 0.15) is 35.1 Å². The van der Waals surface area contributed by atoms with Crippen molar-refractivity contribution in [2.45, 2.75) is 85.4 Å². The average Bonchev–Trinajstić information content (AvgIpc) is 1.65. The highest BCUT2D eigenvalue weighted by Crippen LogP contribution is 2.33. The summed E-state index contributed by atoms with van der Waals surface area (Å²) in [5.74, 6) is -5.99. The molecular formula is C60H74N14O19. The number of anilines is 2. The molecule has 1 aliphatic rings. The number of fused-ring (bicyclic) bond motifs is 2. The third-order valence-electron chi connectivity index (χ3n) is 13.8. The number of amides is 9. The van der Waals surface area contributed by atoms with E-state index in [4.69, 9.17) is 53.7 Å². The molecule has 0 saturated carbocycles. The van der Waals surface area contributed by atoms with Crippen LogP contribution in [0.3, 0.4) is 0 Å². The monoisotopic (exact) mass is 1290 g/mol. The van der Waals surface area contributed by atoms with Crippen LogP contribution in [0.2, 0.25) is 0 Å². The summed E-state index contributed by atoms with van der Waals surface area (Å²) in [7, 11) is 1.40. The SMILES string of the molecule is CCc1nc(C)oc1C(=O)Nc1nc2cc(C(N)=O)cc(OC)c2n1C/C=C/Cn1c(NC(=O)c2oc(C)nc2CC)nc2cc(C(N)=O)cc(OCCCNC(=O)[C@@H](CCC(=O)O)NC(=O)CCOCCOCCOCCOCCNC(=O)CN3C(=O)C=CC3=O)c21. The van der Waals surface area contributed by atoms with Gasteiger partial charge in [-0.15, -0.1) is 0 Å². The number of methoxy groups -OCH3 is 1. The number of carbonyl (C=O) groups is 10. The molecule has 6 aromatic rings. The number of aromatic nitrogens is 6. The van der Waals surface area contributed by atoms with E-state index in [1.54, 1.807) is 35.1 Å². The molecule has 498 valence electrons. The molecule has 33 nitrogen and oxygen atoms in total. The van der Waals surface area contributed by atoms with Crippen molar-refractivity contribution in [3.63, 3.8) is 0 Å². The lowest BCUT2D eigenvalue weighted by atomic mass is 10.1. The molecule has 0 aliphatic carbocycles. The Hall–Kier alpha value is -10.4. The number of aryl methyl sites for hydroxylation is 4. The average molecular weight is 1300 g/mol. The Labute approximate surface area is 531 Å². The first kappa shape index (κ1) is 70.1. The fraction of sp³-hybridized carbons (Fsp3) is 0.433. The zero-order valence-corrected chi connectivity index (χ0v) is 51.9. The summed E-state index contributed by atoms with van der Waals surface area (Å²) in [4.78, 5) is 145. The molecule has 33 heteroatoms. The van der Waals surface area contributed by atoms with Crippen LogP contribution in [0, 0.1) is 13.8 Å². The second-order valence-electron chi connectivity index (χ2n) is 20.5. The second kappa shape index (κ2) is 34.2. The molecule has 10 N–H and O–H groups in total. The normalized spacial score (nSPS) is 12.5. The van der Waals surface area contributed by atoms with E-state index in [1.807, 2.05) is 13.8 Å². The minimum absolute atomic E-state index is 0.00653. The first-order valence-corrected chi connectivity index (χ1v) is 29.6. The highest BCUT2D eigenvalue weighted by Gasteiger charge is 2.28. The van der Waals surface area contributed by atoms with E-state index in [0.29, 0.717) is 35.3 Å². The van der Waals surface area contributed by atoms with Crippen molar-refractivity contribution in [1.29, 1.82) is 0 Å². The van der Waals surface area contributed by atoms with E-state index < -0.39 is 71.6 Å². The van der Waals surface area contributed by atoms with Crippen LogP contribution in [0.5, 0.6) is 11.5 Å². The molecule has 0 fully saturated rings. The third-order valence-corrected chi connectivity index (χ3v) is 13.8. The van der Waals surface area contributed by atoms with Crippen LogP contribution in [0.1, 0.15) is 105 Å². The first-order chi connectivity index (χ1) is 44.7. The molecule has 0 bridgehead atoms. The minimum Gasteiger partial charge on any atom is -0.494 e. The summed E-state index contributed by atoms with van der Waals surface area (Å²) in [5, 5.41) is 22.9. The number of imide groups is 1. The Kier molecular flexibility index (Phi) is 25.7. The highest BCUT2D eigenvalue weighted by atomic mass is 16.6. The van der Waals surface area contributed by atoms with Crippen molar-refractivity contribution < 1.29 is 90.3 Å². The number of carboxylic acids is 1. The van der Waals surface area contributed by atoms with E-state index in [2.05, 4.69) is 41.5 Å². The van der Waals surface area contributed by atoms with Gasteiger partial charge < -0.3 is 78.9 Å². The summed E-state index contributed by atoms with van der Waals surface area (Å²) in [5.41, 5.74) is 13.5. The van der Waals surface area contributed by atoms with Crippen molar-refractivity contribution in [3.8, 4) is 11.5 Å². The molecule has 0 spiro atoms. The fourth-order valence-corrected chi connectivity index (χ4v) is 9.38. The summed E-state index contributed by atoms with van der Waals surface area (Å²) in [6, 6.07) is 4.53. The molecule has 5 heterocycles. The number of hydrogen-bond donors (Lipinski definition) is 8. The summed E-state index contributed by atoms with van der Waals surface area (Å²) in [6.07, 6.45) is 5.79. The largest absolute Gasteiger partial charge is 0.494 e. The molecule has 1 aliphatic heterocycles. The van der Waals surface area contributed by atoms with Gasteiger partial charge in [-0.1, -0.05) is 26.0 Å². The van der Waals surface area contributed by atoms with Gasteiger partial charge in [0.2, 0.25) is 53.0 Å². The lowest BCUT2D eigenvalue weighted by molar-refractivity contribution is -0.141. The second-order valence-corrected chi connectivity index (χ2v) is 20.5. The molecule has 7 rings (SSSR count).